The van der Waals surface area contributed by atoms with Gasteiger partial charge in [0.2, 0.25) is 5.82 Å². The first-order chi connectivity index (χ1) is 9.61. The normalized spacial score (nSPS) is 10.7. The standard InChI is InChI=1S/C14H16FN3O2/c1-2-16-9-12-4-3-7-17(12)10-11-5-6-14(18(19)20)13(15)8-11/h3-8,16H,2,9-10H2,1H3. The molecule has 106 valence electrons. The van der Waals surface area contributed by atoms with E-state index in [9.17, 15) is 14.5 Å². The summed E-state index contributed by atoms with van der Waals surface area (Å²) in [6, 6.07) is 7.92. The number of aromatic nitrogens is 1. The second-order valence-electron chi connectivity index (χ2n) is 4.45. The molecule has 5 nitrogen and oxygen atoms in total. The highest BCUT2D eigenvalue weighted by molar-refractivity contribution is 5.35. The number of nitrogens with one attached hydrogen (secondary N) is 1. The summed E-state index contributed by atoms with van der Waals surface area (Å²) in [5, 5.41) is 13.8. The SMILES string of the molecule is CCNCc1cccn1Cc1ccc([N+](=O)[O-])c(F)c1. The Bertz CT molecular complexity index is 610. The van der Waals surface area contributed by atoms with Crippen LogP contribution in [0.25, 0.3) is 0 Å². The molecule has 0 spiro atoms. The monoisotopic (exact) mass is 277 g/mol. The predicted molar refractivity (Wildman–Crippen MR) is 74.0 cm³/mol. The average Bonchev–Trinajstić information content (AvgIpc) is 2.83. The number of nitrogens with zero attached hydrogens (tertiary/aromatic N) is 2. The molecule has 6 heteroatoms. The van der Waals surface area contributed by atoms with Gasteiger partial charge in [0.05, 0.1) is 4.92 Å². The molecular formula is C14H16FN3O2. The molecule has 0 atom stereocenters. The van der Waals surface area contributed by atoms with Crippen molar-refractivity contribution in [2.24, 2.45) is 0 Å². The van der Waals surface area contributed by atoms with Crippen LogP contribution >= 0.6 is 0 Å². The molecule has 0 unspecified atom stereocenters. The number of rotatable bonds is 6. The molecule has 0 aliphatic heterocycles. The Hall–Kier alpha value is -2.21. The zero-order chi connectivity index (χ0) is 14.5. The Labute approximate surface area is 116 Å². The van der Waals surface area contributed by atoms with Crippen LogP contribution in [0.5, 0.6) is 0 Å². The van der Waals surface area contributed by atoms with Gasteiger partial charge in [-0.25, -0.2) is 0 Å². The quantitative estimate of drug-likeness (QED) is 0.652. The Balaban J connectivity index is 2.16. The molecule has 2 aromatic rings. The minimum atomic E-state index is -0.798. The van der Waals surface area contributed by atoms with Crippen LogP contribution in [0.4, 0.5) is 10.1 Å². The minimum absolute atomic E-state index is 0.489. The van der Waals surface area contributed by atoms with E-state index >= 15 is 0 Å². The number of halogens is 1. The first kappa shape index (κ1) is 14.2. The van der Waals surface area contributed by atoms with Gasteiger partial charge in [-0.3, -0.25) is 10.1 Å². The molecule has 0 saturated carbocycles. The second-order valence-corrected chi connectivity index (χ2v) is 4.45. The molecule has 0 saturated heterocycles. The van der Waals surface area contributed by atoms with Crippen LogP contribution in [-0.2, 0) is 13.1 Å². The van der Waals surface area contributed by atoms with Crippen molar-refractivity contribution in [1.82, 2.24) is 9.88 Å². The van der Waals surface area contributed by atoms with Gasteiger partial charge in [0.15, 0.2) is 0 Å². The van der Waals surface area contributed by atoms with Gasteiger partial charge in [0, 0.05) is 31.0 Å². The van der Waals surface area contributed by atoms with Crippen molar-refractivity contribution >= 4 is 5.69 Å². The molecule has 2 rings (SSSR count). The van der Waals surface area contributed by atoms with Crippen LogP contribution in [0.15, 0.2) is 36.5 Å². The van der Waals surface area contributed by atoms with Crippen molar-refractivity contribution in [1.29, 1.82) is 0 Å². The Morgan fingerprint density at radius 3 is 2.85 bits per heavy atom. The van der Waals surface area contributed by atoms with Crippen LogP contribution in [0, 0.1) is 15.9 Å². The summed E-state index contributed by atoms with van der Waals surface area (Å²) < 4.78 is 15.6. The van der Waals surface area contributed by atoms with Gasteiger partial charge >= 0.3 is 5.69 Å². The van der Waals surface area contributed by atoms with E-state index in [-0.39, 0.29) is 0 Å². The van der Waals surface area contributed by atoms with Crippen LogP contribution < -0.4 is 5.32 Å². The average molecular weight is 277 g/mol. The van der Waals surface area contributed by atoms with Crippen LogP contribution in [0.2, 0.25) is 0 Å². The van der Waals surface area contributed by atoms with E-state index in [1.807, 2.05) is 29.8 Å². The lowest BCUT2D eigenvalue weighted by atomic mass is 10.2. The fraction of sp³-hybridized carbons (Fsp3) is 0.286. The third-order valence-electron chi connectivity index (χ3n) is 3.04. The lowest BCUT2D eigenvalue weighted by molar-refractivity contribution is -0.387. The summed E-state index contributed by atoms with van der Waals surface area (Å²) in [6.45, 7) is 4.12. The van der Waals surface area contributed by atoms with E-state index in [0.717, 1.165) is 18.8 Å². The van der Waals surface area contributed by atoms with Crippen molar-refractivity contribution in [2.75, 3.05) is 6.54 Å². The molecule has 1 aromatic carbocycles. The maximum absolute atomic E-state index is 13.6. The fourth-order valence-corrected chi connectivity index (χ4v) is 2.01. The highest BCUT2D eigenvalue weighted by Crippen LogP contribution is 2.19. The Morgan fingerprint density at radius 1 is 1.40 bits per heavy atom. The van der Waals surface area contributed by atoms with Crippen LogP contribution in [0.3, 0.4) is 0 Å². The van der Waals surface area contributed by atoms with Crippen molar-refractivity contribution in [3.8, 4) is 0 Å². The van der Waals surface area contributed by atoms with Crippen LogP contribution in [-0.4, -0.2) is 16.0 Å². The van der Waals surface area contributed by atoms with Gasteiger partial charge in [0.25, 0.3) is 0 Å². The van der Waals surface area contributed by atoms with Crippen LogP contribution in [0.1, 0.15) is 18.2 Å². The highest BCUT2D eigenvalue weighted by atomic mass is 19.1. The molecule has 1 aromatic heterocycles. The summed E-state index contributed by atoms with van der Waals surface area (Å²) in [7, 11) is 0. The lowest BCUT2D eigenvalue weighted by Crippen LogP contribution is -2.15. The summed E-state index contributed by atoms with van der Waals surface area (Å²) in [5.74, 6) is -0.798. The number of benzene rings is 1. The summed E-state index contributed by atoms with van der Waals surface area (Å²) in [4.78, 5) is 9.86. The van der Waals surface area contributed by atoms with Gasteiger partial charge in [-0.15, -0.1) is 0 Å². The fourth-order valence-electron chi connectivity index (χ4n) is 2.01. The topological polar surface area (TPSA) is 60.1 Å². The molecule has 0 radical (unpaired) electrons. The predicted octanol–water partition coefficient (Wildman–Crippen LogP) is 2.69. The second kappa shape index (κ2) is 6.29. The molecule has 20 heavy (non-hydrogen) atoms. The number of nitro benzene ring substituents is 1. The number of nitro groups is 1. The Morgan fingerprint density at radius 2 is 2.20 bits per heavy atom. The minimum Gasteiger partial charge on any atom is -0.346 e. The van der Waals surface area contributed by atoms with Gasteiger partial charge < -0.3 is 9.88 Å². The van der Waals surface area contributed by atoms with E-state index in [2.05, 4.69) is 5.32 Å². The molecule has 1 heterocycles. The van der Waals surface area contributed by atoms with Gasteiger partial charge in [-0.2, -0.15) is 4.39 Å². The zero-order valence-electron chi connectivity index (χ0n) is 11.2. The van der Waals surface area contributed by atoms with Gasteiger partial charge in [-0.05, 0) is 30.3 Å². The number of hydrogen-bond donors (Lipinski definition) is 1. The summed E-state index contributed by atoms with van der Waals surface area (Å²) in [6.07, 6.45) is 1.91. The molecule has 0 amide bonds. The largest absolute Gasteiger partial charge is 0.346 e. The number of hydrogen-bond acceptors (Lipinski definition) is 3. The maximum atomic E-state index is 13.6. The Kier molecular flexibility index (Phi) is 4.47. The zero-order valence-corrected chi connectivity index (χ0v) is 11.2. The smallest absolute Gasteiger partial charge is 0.304 e. The summed E-state index contributed by atoms with van der Waals surface area (Å²) in [5.41, 5.74) is 1.29. The van der Waals surface area contributed by atoms with Gasteiger partial charge in [-0.1, -0.05) is 13.0 Å². The van der Waals surface area contributed by atoms with Gasteiger partial charge in [0.1, 0.15) is 0 Å². The molecule has 0 aliphatic rings. The molecule has 0 fully saturated rings. The molecule has 1 N–H and O–H groups in total. The first-order valence-corrected chi connectivity index (χ1v) is 6.39. The third-order valence-corrected chi connectivity index (χ3v) is 3.04. The molecule has 0 bridgehead atoms. The molecule has 0 aliphatic carbocycles. The van der Waals surface area contributed by atoms with E-state index in [0.29, 0.717) is 12.1 Å². The van der Waals surface area contributed by atoms with E-state index < -0.39 is 16.4 Å². The molecular weight excluding hydrogens is 261 g/mol. The first-order valence-electron chi connectivity index (χ1n) is 6.39. The third kappa shape index (κ3) is 3.21. The van der Waals surface area contributed by atoms with Crippen molar-refractivity contribution < 1.29 is 9.31 Å². The lowest BCUT2D eigenvalue weighted by Gasteiger charge is -2.10. The van der Waals surface area contributed by atoms with E-state index in [1.54, 1.807) is 6.07 Å². The van der Waals surface area contributed by atoms with E-state index in [1.165, 1.54) is 12.1 Å². The van der Waals surface area contributed by atoms with Crippen molar-refractivity contribution in [3.63, 3.8) is 0 Å². The summed E-state index contributed by atoms with van der Waals surface area (Å²) >= 11 is 0. The van der Waals surface area contributed by atoms with Crippen molar-refractivity contribution in [3.05, 3.63) is 63.7 Å². The van der Waals surface area contributed by atoms with E-state index in [4.69, 9.17) is 0 Å². The maximum Gasteiger partial charge on any atom is 0.304 e. The highest BCUT2D eigenvalue weighted by Gasteiger charge is 2.14. The van der Waals surface area contributed by atoms with Crippen molar-refractivity contribution in [2.45, 2.75) is 20.0 Å².